The van der Waals surface area contributed by atoms with Gasteiger partial charge in [-0.3, -0.25) is 9.59 Å². The smallest absolute Gasteiger partial charge is 0.295 e. The zero-order valence-electron chi connectivity index (χ0n) is 21.5. The van der Waals surface area contributed by atoms with E-state index in [1.807, 2.05) is 83.1 Å². The number of hydrogen-bond donors (Lipinski definition) is 1. The number of carbonyl (C=O) groups excluding carboxylic acids is 2. The number of Topliss-reactive ketones (excluding diaryl/α,β-unsaturated/α-hetero) is 1. The van der Waals surface area contributed by atoms with Crippen LogP contribution >= 0.6 is 0 Å². The first-order chi connectivity index (χ1) is 16.7. The van der Waals surface area contributed by atoms with Crippen LogP contribution in [0.1, 0.15) is 56.3 Å². The number of likely N-dealkylation sites (tertiary alicyclic amines) is 1. The molecule has 7 nitrogen and oxygen atoms in total. The van der Waals surface area contributed by atoms with Gasteiger partial charge in [0.25, 0.3) is 11.7 Å². The molecule has 3 rings (SSSR count). The van der Waals surface area contributed by atoms with E-state index in [4.69, 9.17) is 9.47 Å². The first-order valence-electron chi connectivity index (χ1n) is 12.1. The van der Waals surface area contributed by atoms with Crippen LogP contribution in [0.2, 0.25) is 0 Å². The Morgan fingerprint density at radius 3 is 2.26 bits per heavy atom. The van der Waals surface area contributed by atoms with Crippen molar-refractivity contribution in [2.75, 3.05) is 40.4 Å². The molecular weight excluding hydrogens is 444 g/mol. The SMILES string of the molecule is CCOc1ccc(C2/C(=C(/O)c3ccc(OCC)c(C(C)C)c3)C(=O)C(=O)N2CCN(C)C)cc1. The molecule has 2 aromatic rings. The van der Waals surface area contributed by atoms with Gasteiger partial charge in [0.05, 0.1) is 24.8 Å². The Kier molecular flexibility index (Phi) is 8.57. The van der Waals surface area contributed by atoms with Gasteiger partial charge in [-0.05, 0) is 75.3 Å². The molecule has 1 heterocycles. The molecule has 1 aliphatic rings. The van der Waals surface area contributed by atoms with Gasteiger partial charge >= 0.3 is 0 Å². The maximum atomic E-state index is 13.2. The van der Waals surface area contributed by atoms with E-state index >= 15 is 0 Å². The van der Waals surface area contributed by atoms with Gasteiger partial charge in [-0.15, -0.1) is 0 Å². The van der Waals surface area contributed by atoms with Gasteiger partial charge in [0.2, 0.25) is 0 Å². The summed E-state index contributed by atoms with van der Waals surface area (Å²) in [5, 5.41) is 11.4. The van der Waals surface area contributed by atoms with E-state index in [1.54, 1.807) is 11.0 Å². The first-order valence-corrected chi connectivity index (χ1v) is 12.1. The number of carbonyl (C=O) groups is 2. The molecule has 0 aromatic heterocycles. The Hall–Kier alpha value is -3.32. The predicted molar refractivity (Wildman–Crippen MR) is 137 cm³/mol. The number of hydrogen-bond acceptors (Lipinski definition) is 6. The number of nitrogens with zero attached hydrogens (tertiary/aromatic N) is 2. The van der Waals surface area contributed by atoms with Crippen molar-refractivity contribution in [1.29, 1.82) is 0 Å². The summed E-state index contributed by atoms with van der Waals surface area (Å²) < 4.78 is 11.3. The number of aliphatic hydroxyl groups is 1. The van der Waals surface area contributed by atoms with Crippen LogP contribution in [0.5, 0.6) is 11.5 Å². The summed E-state index contributed by atoms with van der Waals surface area (Å²) in [5.41, 5.74) is 2.24. The highest BCUT2D eigenvalue weighted by Crippen LogP contribution is 2.40. The fourth-order valence-electron chi connectivity index (χ4n) is 4.27. The van der Waals surface area contributed by atoms with E-state index in [0.29, 0.717) is 37.6 Å². The molecule has 188 valence electrons. The topological polar surface area (TPSA) is 79.3 Å². The van der Waals surface area contributed by atoms with Crippen molar-refractivity contribution >= 4 is 17.4 Å². The lowest BCUT2D eigenvalue weighted by Gasteiger charge is -2.26. The number of ether oxygens (including phenoxy) is 2. The minimum absolute atomic E-state index is 0.0942. The number of ketones is 1. The van der Waals surface area contributed by atoms with E-state index in [2.05, 4.69) is 0 Å². The molecule has 1 atom stereocenters. The zero-order chi connectivity index (χ0) is 25.7. The molecule has 1 unspecified atom stereocenters. The number of rotatable bonds is 10. The average Bonchev–Trinajstić information content (AvgIpc) is 3.08. The highest BCUT2D eigenvalue weighted by atomic mass is 16.5. The number of likely N-dealkylation sites (N-methyl/N-ethyl adjacent to an activating group) is 1. The van der Waals surface area contributed by atoms with Crippen molar-refractivity contribution in [2.24, 2.45) is 0 Å². The minimum Gasteiger partial charge on any atom is -0.507 e. The van der Waals surface area contributed by atoms with E-state index < -0.39 is 17.7 Å². The highest BCUT2D eigenvalue weighted by Gasteiger charge is 2.46. The number of benzene rings is 2. The largest absolute Gasteiger partial charge is 0.507 e. The third-order valence-electron chi connectivity index (χ3n) is 6.04. The molecule has 0 radical (unpaired) electrons. The lowest BCUT2D eigenvalue weighted by atomic mass is 9.93. The van der Waals surface area contributed by atoms with Crippen molar-refractivity contribution in [1.82, 2.24) is 9.80 Å². The molecule has 7 heteroatoms. The van der Waals surface area contributed by atoms with Crippen molar-refractivity contribution in [2.45, 2.75) is 39.7 Å². The fourth-order valence-corrected chi connectivity index (χ4v) is 4.27. The molecule has 0 spiro atoms. The summed E-state index contributed by atoms with van der Waals surface area (Å²) in [4.78, 5) is 29.8. The van der Waals surface area contributed by atoms with Crippen molar-refractivity contribution in [3.63, 3.8) is 0 Å². The number of aliphatic hydroxyl groups excluding tert-OH is 1. The van der Waals surface area contributed by atoms with Crippen LogP contribution in [0.3, 0.4) is 0 Å². The summed E-state index contributed by atoms with van der Waals surface area (Å²) in [5.74, 6) is 0.124. The van der Waals surface area contributed by atoms with E-state index in [0.717, 1.165) is 16.9 Å². The second kappa shape index (κ2) is 11.4. The zero-order valence-corrected chi connectivity index (χ0v) is 21.5. The molecule has 1 N–H and O–H groups in total. The Balaban J connectivity index is 2.14. The van der Waals surface area contributed by atoms with Gasteiger partial charge in [-0.2, -0.15) is 0 Å². The minimum atomic E-state index is -0.695. The third kappa shape index (κ3) is 5.68. The quantitative estimate of drug-likeness (QED) is 0.304. The highest BCUT2D eigenvalue weighted by molar-refractivity contribution is 6.46. The number of amides is 1. The Labute approximate surface area is 207 Å². The van der Waals surface area contributed by atoms with Gasteiger partial charge in [0.1, 0.15) is 17.3 Å². The van der Waals surface area contributed by atoms with Crippen LogP contribution in [-0.2, 0) is 9.59 Å². The van der Waals surface area contributed by atoms with Crippen LogP contribution in [0.25, 0.3) is 5.76 Å². The Bertz CT molecular complexity index is 1090. The van der Waals surface area contributed by atoms with Crippen molar-refractivity contribution < 1.29 is 24.2 Å². The first kappa shape index (κ1) is 26.3. The molecule has 2 aromatic carbocycles. The van der Waals surface area contributed by atoms with Gasteiger partial charge in [0, 0.05) is 18.7 Å². The Morgan fingerprint density at radius 1 is 1.03 bits per heavy atom. The van der Waals surface area contributed by atoms with Gasteiger partial charge in [0.15, 0.2) is 0 Å². The molecule has 35 heavy (non-hydrogen) atoms. The summed E-state index contributed by atoms with van der Waals surface area (Å²) in [7, 11) is 3.83. The summed E-state index contributed by atoms with van der Waals surface area (Å²) >= 11 is 0. The lowest BCUT2D eigenvalue weighted by Crippen LogP contribution is -2.35. The van der Waals surface area contributed by atoms with Gasteiger partial charge in [-0.1, -0.05) is 26.0 Å². The van der Waals surface area contributed by atoms with Crippen molar-refractivity contribution in [3.05, 3.63) is 64.7 Å². The van der Waals surface area contributed by atoms with Crippen molar-refractivity contribution in [3.8, 4) is 11.5 Å². The second-order valence-corrected chi connectivity index (χ2v) is 9.14. The van der Waals surface area contributed by atoms with Crippen LogP contribution in [0.4, 0.5) is 0 Å². The van der Waals surface area contributed by atoms with Crippen LogP contribution in [0, 0.1) is 0 Å². The molecule has 0 saturated carbocycles. The van der Waals surface area contributed by atoms with Gasteiger partial charge < -0.3 is 24.4 Å². The maximum absolute atomic E-state index is 13.2. The molecule has 1 aliphatic heterocycles. The third-order valence-corrected chi connectivity index (χ3v) is 6.04. The monoisotopic (exact) mass is 480 g/mol. The molecule has 1 fully saturated rings. The summed E-state index contributed by atoms with van der Waals surface area (Å²) in [6.07, 6.45) is 0. The normalized spacial score (nSPS) is 17.5. The lowest BCUT2D eigenvalue weighted by molar-refractivity contribution is -0.140. The molecule has 0 aliphatic carbocycles. The summed E-state index contributed by atoms with van der Waals surface area (Å²) in [6, 6.07) is 12.0. The molecule has 1 saturated heterocycles. The van der Waals surface area contributed by atoms with Crippen LogP contribution < -0.4 is 9.47 Å². The van der Waals surface area contributed by atoms with E-state index in [-0.39, 0.29) is 17.3 Å². The molecular formula is C28H36N2O5. The van der Waals surface area contributed by atoms with E-state index in [1.165, 1.54) is 0 Å². The van der Waals surface area contributed by atoms with Crippen LogP contribution in [-0.4, -0.2) is 67.0 Å². The standard InChI is InChI=1S/C28H36N2O5/c1-7-34-21-12-9-19(10-13-21)25-24(27(32)28(33)30(25)16-15-29(5)6)26(31)20-11-14-23(35-8-2)22(17-20)18(3)4/h9-14,17-18,25,31H,7-8,15-16H2,1-6H3/b26-24-. The second-order valence-electron chi connectivity index (χ2n) is 9.14. The van der Waals surface area contributed by atoms with Crippen LogP contribution in [0.15, 0.2) is 48.0 Å². The Morgan fingerprint density at radius 2 is 1.69 bits per heavy atom. The molecule has 1 amide bonds. The van der Waals surface area contributed by atoms with E-state index in [9.17, 15) is 14.7 Å². The predicted octanol–water partition coefficient (Wildman–Crippen LogP) is 4.59. The maximum Gasteiger partial charge on any atom is 0.295 e. The fraction of sp³-hybridized carbons (Fsp3) is 0.429. The molecule has 0 bridgehead atoms. The van der Waals surface area contributed by atoms with Gasteiger partial charge in [-0.25, -0.2) is 0 Å². The average molecular weight is 481 g/mol. The summed E-state index contributed by atoms with van der Waals surface area (Å²) in [6.45, 7) is 9.92.